The fourth-order valence-corrected chi connectivity index (χ4v) is 4.70. The van der Waals surface area contributed by atoms with Gasteiger partial charge in [0.2, 0.25) is 16.0 Å². The number of aryl methyl sites for hydroxylation is 1. The number of piperazine rings is 1. The molecule has 0 atom stereocenters. The Morgan fingerprint density at radius 1 is 1.07 bits per heavy atom. The zero-order valence-electron chi connectivity index (χ0n) is 16.9. The maximum absolute atomic E-state index is 12.1. The van der Waals surface area contributed by atoms with Crippen LogP contribution in [0.3, 0.4) is 0 Å². The van der Waals surface area contributed by atoms with E-state index in [1.807, 2.05) is 47.0 Å². The van der Waals surface area contributed by atoms with Gasteiger partial charge in [-0.25, -0.2) is 23.4 Å². The average molecular weight is 447 g/mol. The number of sulfonamides is 1. The summed E-state index contributed by atoms with van der Waals surface area (Å²) >= 11 is 6.07. The molecule has 0 spiro atoms. The predicted octanol–water partition coefficient (Wildman–Crippen LogP) is 2.67. The molecule has 1 aliphatic heterocycles. The Bertz CT molecular complexity index is 1140. The number of hydrogen-bond donors (Lipinski definition) is 0. The van der Waals surface area contributed by atoms with Gasteiger partial charge in [-0.15, -0.1) is 0 Å². The number of hydrogen-bond acceptors (Lipinski definition) is 6. The van der Waals surface area contributed by atoms with Crippen LogP contribution in [0.5, 0.6) is 0 Å². The standard InChI is InChI=1S/C20H23ClN6O2S/c1-3-30(28,29)27-12-10-26(11-13-27)20-23-14-17(19-22-8-9-25(19)2)18(24-20)15-4-6-16(21)7-5-15/h4-9,14H,3,10-13H2,1-2H3. The number of nitrogens with zero attached hydrogens (tertiary/aromatic N) is 6. The van der Waals surface area contributed by atoms with Gasteiger partial charge in [0.15, 0.2) is 0 Å². The fraction of sp³-hybridized carbons (Fsp3) is 0.350. The van der Waals surface area contributed by atoms with Crippen molar-refractivity contribution in [2.75, 3.05) is 36.8 Å². The second-order valence-electron chi connectivity index (χ2n) is 7.09. The van der Waals surface area contributed by atoms with Gasteiger partial charge in [0, 0.05) is 62.4 Å². The van der Waals surface area contributed by atoms with E-state index in [9.17, 15) is 8.42 Å². The summed E-state index contributed by atoms with van der Waals surface area (Å²) in [7, 11) is -1.26. The topological polar surface area (TPSA) is 84.2 Å². The molecule has 158 valence electrons. The molecule has 0 amide bonds. The Balaban J connectivity index is 1.69. The summed E-state index contributed by atoms with van der Waals surface area (Å²) in [5.74, 6) is 1.46. The van der Waals surface area contributed by atoms with Crippen LogP contribution < -0.4 is 4.90 Å². The summed E-state index contributed by atoms with van der Waals surface area (Å²) in [6.45, 7) is 3.61. The van der Waals surface area contributed by atoms with Crippen LogP contribution in [0.1, 0.15) is 6.92 Å². The van der Waals surface area contributed by atoms with E-state index >= 15 is 0 Å². The zero-order valence-corrected chi connectivity index (χ0v) is 18.4. The smallest absolute Gasteiger partial charge is 0.225 e. The number of anilines is 1. The van der Waals surface area contributed by atoms with Gasteiger partial charge in [0.05, 0.1) is 17.0 Å². The van der Waals surface area contributed by atoms with E-state index < -0.39 is 10.0 Å². The van der Waals surface area contributed by atoms with Gasteiger partial charge in [-0.3, -0.25) is 0 Å². The van der Waals surface area contributed by atoms with Crippen molar-refractivity contribution in [1.29, 1.82) is 0 Å². The van der Waals surface area contributed by atoms with E-state index in [4.69, 9.17) is 16.6 Å². The van der Waals surface area contributed by atoms with Gasteiger partial charge in [-0.05, 0) is 19.1 Å². The molecule has 4 rings (SSSR count). The predicted molar refractivity (Wildman–Crippen MR) is 118 cm³/mol. The minimum Gasteiger partial charge on any atom is -0.338 e. The molecule has 0 N–H and O–H groups in total. The van der Waals surface area contributed by atoms with Crippen LogP contribution in [-0.4, -0.2) is 64.2 Å². The molecule has 1 fully saturated rings. The highest BCUT2D eigenvalue weighted by molar-refractivity contribution is 7.89. The van der Waals surface area contributed by atoms with Crippen molar-refractivity contribution in [3.63, 3.8) is 0 Å². The number of aromatic nitrogens is 4. The van der Waals surface area contributed by atoms with Crippen LogP contribution >= 0.6 is 11.6 Å². The Labute approximate surface area is 181 Å². The molecule has 0 unspecified atom stereocenters. The number of imidazole rings is 1. The third-order valence-corrected chi connectivity index (χ3v) is 7.37. The Morgan fingerprint density at radius 2 is 1.77 bits per heavy atom. The van der Waals surface area contributed by atoms with Crippen LogP contribution in [0.4, 0.5) is 5.95 Å². The lowest BCUT2D eigenvalue weighted by Crippen LogP contribution is -2.49. The zero-order chi connectivity index (χ0) is 21.3. The second-order valence-corrected chi connectivity index (χ2v) is 9.78. The lowest BCUT2D eigenvalue weighted by atomic mass is 10.1. The van der Waals surface area contributed by atoms with E-state index in [0.29, 0.717) is 37.1 Å². The van der Waals surface area contributed by atoms with Crippen LogP contribution in [0.2, 0.25) is 5.02 Å². The third kappa shape index (κ3) is 4.05. The first-order valence-corrected chi connectivity index (χ1v) is 11.7. The summed E-state index contributed by atoms with van der Waals surface area (Å²) in [4.78, 5) is 15.9. The first-order valence-electron chi connectivity index (χ1n) is 9.72. The van der Waals surface area contributed by atoms with Crippen molar-refractivity contribution in [2.24, 2.45) is 7.05 Å². The lowest BCUT2D eigenvalue weighted by Gasteiger charge is -2.34. The molecule has 0 aliphatic carbocycles. The molecule has 10 heteroatoms. The summed E-state index contributed by atoms with van der Waals surface area (Å²) in [6, 6.07) is 7.50. The molecular formula is C20H23ClN6O2S. The van der Waals surface area contributed by atoms with Crippen molar-refractivity contribution in [2.45, 2.75) is 6.92 Å². The molecule has 8 nitrogen and oxygen atoms in total. The van der Waals surface area contributed by atoms with Crippen molar-refractivity contribution >= 4 is 27.6 Å². The third-order valence-electron chi connectivity index (χ3n) is 5.24. The molecule has 1 aromatic carbocycles. The van der Waals surface area contributed by atoms with Gasteiger partial charge in [-0.1, -0.05) is 23.7 Å². The van der Waals surface area contributed by atoms with Crippen LogP contribution in [0.15, 0.2) is 42.9 Å². The summed E-state index contributed by atoms with van der Waals surface area (Å²) in [5, 5.41) is 0.653. The molecule has 3 aromatic rings. The van der Waals surface area contributed by atoms with Gasteiger partial charge >= 0.3 is 0 Å². The molecular weight excluding hydrogens is 424 g/mol. The largest absolute Gasteiger partial charge is 0.338 e. The highest BCUT2D eigenvalue weighted by Crippen LogP contribution is 2.31. The van der Waals surface area contributed by atoms with Gasteiger partial charge in [0.25, 0.3) is 0 Å². The van der Waals surface area contributed by atoms with Crippen molar-refractivity contribution in [3.05, 3.63) is 47.9 Å². The van der Waals surface area contributed by atoms with Crippen molar-refractivity contribution in [1.82, 2.24) is 23.8 Å². The minimum atomic E-state index is -3.18. The first-order chi connectivity index (χ1) is 14.4. The Morgan fingerprint density at radius 3 is 2.37 bits per heavy atom. The molecule has 0 bridgehead atoms. The maximum atomic E-state index is 12.1. The van der Waals surface area contributed by atoms with E-state index in [0.717, 1.165) is 22.6 Å². The van der Waals surface area contributed by atoms with E-state index in [1.54, 1.807) is 19.3 Å². The normalized spacial score (nSPS) is 15.5. The monoisotopic (exact) mass is 446 g/mol. The number of halogens is 1. The Kier molecular flexibility index (Phi) is 5.77. The number of benzene rings is 1. The van der Waals surface area contributed by atoms with Gasteiger partial charge in [-0.2, -0.15) is 4.31 Å². The summed E-state index contributed by atoms with van der Waals surface area (Å²) in [5.41, 5.74) is 2.49. The highest BCUT2D eigenvalue weighted by Gasteiger charge is 2.27. The van der Waals surface area contributed by atoms with E-state index in [1.165, 1.54) is 4.31 Å². The molecule has 30 heavy (non-hydrogen) atoms. The van der Waals surface area contributed by atoms with Gasteiger partial charge in [0.1, 0.15) is 5.82 Å². The minimum absolute atomic E-state index is 0.114. The first kappa shape index (κ1) is 20.8. The summed E-state index contributed by atoms with van der Waals surface area (Å²) in [6.07, 6.45) is 5.40. The molecule has 1 saturated heterocycles. The molecule has 0 saturated carbocycles. The summed E-state index contributed by atoms with van der Waals surface area (Å²) < 4.78 is 27.7. The lowest BCUT2D eigenvalue weighted by molar-refractivity contribution is 0.383. The molecule has 1 aliphatic rings. The van der Waals surface area contributed by atoms with E-state index in [2.05, 4.69) is 9.97 Å². The quantitative estimate of drug-likeness (QED) is 0.599. The van der Waals surface area contributed by atoms with Crippen LogP contribution in [-0.2, 0) is 17.1 Å². The van der Waals surface area contributed by atoms with Crippen molar-refractivity contribution in [3.8, 4) is 22.6 Å². The van der Waals surface area contributed by atoms with Gasteiger partial charge < -0.3 is 9.47 Å². The molecule has 2 aromatic heterocycles. The van der Waals surface area contributed by atoms with Crippen LogP contribution in [0, 0.1) is 0 Å². The van der Waals surface area contributed by atoms with Crippen molar-refractivity contribution < 1.29 is 8.42 Å². The van der Waals surface area contributed by atoms with Crippen LogP contribution in [0.25, 0.3) is 22.6 Å². The highest BCUT2D eigenvalue weighted by atomic mass is 35.5. The fourth-order valence-electron chi connectivity index (χ4n) is 3.49. The Hall–Kier alpha value is -2.49. The molecule has 0 radical (unpaired) electrons. The average Bonchev–Trinajstić information content (AvgIpc) is 3.19. The molecule has 3 heterocycles. The number of rotatable bonds is 5. The SMILES string of the molecule is CCS(=O)(=O)N1CCN(c2ncc(-c3nccn3C)c(-c3ccc(Cl)cc3)n2)CC1. The second kappa shape index (κ2) is 8.33. The maximum Gasteiger partial charge on any atom is 0.225 e. The van der Waals surface area contributed by atoms with E-state index in [-0.39, 0.29) is 5.75 Å².